The molecular formula is C19H21N3O3. The second-order valence-electron chi connectivity index (χ2n) is 6.33. The van der Waals surface area contributed by atoms with Crippen molar-refractivity contribution in [1.29, 1.82) is 0 Å². The maximum absolute atomic E-state index is 12.6. The number of anilines is 1. The molecule has 2 aromatic heterocycles. The van der Waals surface area contributed by atoms with Gasteiger partial charge in [-0.1, -0.05) is 32.0 Å². The lowest BCUT2D eigenvalue weighted by atomic mass is 10.1. The zero-order valence-electron chi connectivity index (χ0n) is 14.3. The van der Waals surface area contributed by atoms with Crippen molar-refractivity contribution in [3.8, 4) is 0 Å². The Morgan fingerprint density at radius 2 is 1.92 bits per heavy atom. The zero-order valence-corrected chi connectivity index (χ0v) is 14.3. The molecule has 0 saturated heterocycles. The summed E-state index contributed by atoms with van der Waals surface area (Å²) < 4.78 is 6.84. The summed E-state index contributed by atoms with van der Waals surface area (Å²) in [5.41, 5.74) is 0.554. The van der Waals surface area contributed by atoms with Crippen LogP contribution in [0.5, 0.6) is 0 Å². The number of nitrogens with zero attached hydrogens (tertiary/aromatic N) is 1. The van der Waals surface area contributed by atoms with Gasteiger partial charge in [0.15, 0.2) is 0 Å². The van der Waals surface area contributed by atoms with E-state index >= 15 is 0 Å². The van der Waals surface area contributed by atoms with Crippen LogP contribution < -0.4 is 16.2 Å². The van der Waals surface area contributed by atoms with Crippen LogP contribution in [0.2, 0.25) is 0 Å². The number of furan rings is 1. The van der Waals surface area contributed by atoms with E-state index in [4.69, 9.17) is 4.42 Å². The normalized spacial score (nSPS) is 11.0. The highest BCUT2D eigenvalue weighted by molar-refractivity contribution is 6.00. The fraction of sp³-hybridized carbons (Fsp3) is 0.263. The van der Waals surface area contributed by atoms with Crippen LogP contribution in [0.1, 0.15) is 19.6 Å². The lowest BCUT2D eigenvalue weighted by Crippen LogP contribution is -2.29. The van der Waals surface area contributed by atoms with Gasteiger partial charge in [-0.3, -0.25) is 4.79 Å². The molecule has 0 saturated carbocycles. The van der Waals surface area contributed by atoms with E-state index < -0.39 is 0 Å². The third-order valence-corrected chi connectivity index (χ3v) is 3.81. The molecule has 2 N–H and O–H groups in total. The molecular weight excluding hydrogens is 318 g/mol. The van der Waals surface area contributed by atoms with Crippen molar-refractivity contribution in [3.05, 3.63) is 65.0 Å². The molecule has 6 nitrogen and oxygen atoms in total. The molecule has 3 rings (SSSR count). The Labute approximate surface area is 145 Å². The van der Waals surface area contributed by atoms with Crippen molar-refractivity contribution in [2.45, 2.75) is 26.9 Å². The molecule has 0 aliphatic carbocycles. The van der Waals surface area contributed by atoms with Gasteiger partial charge in [0.1, 0.15) is 5.76 Å². The Bertz CT molecular complexity index is 927. The van der Waals surface area contributed by atoms with Crippen LogP contribution in [0.15, 0.2) is 58.1 Å². The molecule has 1 aromatic carbocycles. The number of hydrogen-bond donors (Lipinski definition) is 2. The van der Waals surface area contributed by atoms with E-state index in [1.807, 2.05) is 32.0 Å². The van der Waals surface area contributed by atoms with Crippen molar-refractivity contribution in [3.63, 3.8) is 0 Å². The molecule has 3 aromatic rings. The van der Waals surface area contributed by atoms with Crippen LogP contribution in [0.3, 0.4) is 0 Å². The third kappa shape index (κ3) is 3.91. The molecule has 0 bridgehead atoms. The first kappa shape index (κ1) is 16.8. The first-order valence-corrected chi connectivity index (χ1v) is 8.24. The Morgan fingerprint density at radius 1 is 1.16 bits per heavy atom. The summed E-state index contributed by atoms with van der Waals surface area (Å²) in [5, 5.41) is 6.89. The average Bonchev–Trinajstić information content (AvgIpc) is 3.10. The Balaban J connectivity index is 1.87. The summed E-state index contributed by atoms with van der Waals surface area (Å²) in [4.78, 5) is 24.8. The SMILES string of the molecule is CC(C)Cn1cc(NC(=O)NCc2ccco2)c2ccccc2c1=O. The number of amides is 2. The number of hydrogen-bond acceptors (Lipinski definition) is 3. The van der Waals surface area contributed by atoms with Crippen LogP contribution in [-0.4, -0.2) is 10.6 Å². The van der Waals surface area contributed by atoms with Crippen LogP contribution >= 0.6 is 0 Å². The largest absolute Gasteiger partial charge is 0.467 e. The molecule has 0 aliphatic rings. The molecule has 0 radical (unpaired) electrons. The lowest BCUT2D eigenvalue weighted by molar-refractivity contribution is 0.251. The first-order valence-electron chi connectivity index (χ1n) is 8.24. The minimum atomic E-state index is -0.351. The number of urea groups is 1. The monoisotopic (exact) mass is 339 g/mol. The van der Waals surface area contributed by atoms with Gasteiger partial charge < -0.3 is 19.6 Å². The molecule has 0 fully saturated rings. The lowest BCUT2D eigenvalue weighted by Gasteiger charge is -2.15. The predicted molar refractivity (Wildman–Crippen MR) is 97.6 cm³/mol. The van der Waals surface area contributed by atoms with Gasteiger partial charge in [-0.05, 0) is 24.1 Å². The van der Waals surface area contributed by atoms with E-state index in [9.17, 15) is 9.59 Å². The fourth-order valence-electron chi connectivity index (χ4n) is 2.72. The van der Waals surface area contributed by atoms with Crippen LogP contribution in [0.4, 0.5) is 10.5 Å². The first-order chi connectivity index (χ1) is 12.0. The van der Waals surface area contributed by atoms with Gasteiger partial charge >= 0.3 is 6.03 Å². The minimum Gasteiger partial charge on any atom is -0.467 e. The molecule has 0 unspecified atom stereocenters. The number of aromatic nitrogens is 1. The molecule has 0 aliphatic heterocycles. The summed E-state index contributed by atoms with van der Waals surface area (Å²) >= 11 is 0. The standard InChI is InChI=1S/C19H21N3O3/c1-13(2)11-22-12-17(15-7-3-4-8-16(15)18(22)23)21-19(24)20-10-14-6-5-9-25-14/h3-9,12-13H,10-11H2,1-2H3,(H2,20,21,24). The van der Waals surface area contributed by atoms with Crippen molar-refractivity contribution in [2.75, 3.05) is 5.32 Å². The highest BCUT2D eigenvalue weighted by Gasteiger charge is 2.12. The number of rotatable bonds is 5. The van der Waals surface area contributed by atoms with Gasteiger partial charge in [0.05, 0.1) is 18.5 Å². The molecule has 25 heavy (non-hydrogen) atoms. The van der Waals surface area contributed by atoms with Crippen molar-refractivity contribution < 1.29 is 9.21 Å². The maximum Gasteiger partial charge on any atom is 0.319 e. The number of carbonyl (C=O) groups excluding carboxylic acids is 1. The van der Waals surface area contributed by atoms with E-state index in [1.54, 1.807) is 35.2 Å². The average molecular weight is 339 g/mol. The minimum absolute atomic E-state index is 0.0501. The second kappa shape index (κ2) is 7.25. The van der Waals surface area contributed by atoms with Crippen LogP contribution in [0.25, 0.3) is 10.8 Å². The maximum atomic E-state index is 12.6. The predicted octanol–water partition coefficient (Wildman–Crippen LogP) is 3.57. The Morgan fingerprint density at radius 3 is 2.60 bits per heavy atom. The second-order valence-corrected chi connectivity index (χ2v) is 6.33. The van der Waals surface area contributed by atoms with Crippen LogP contribution in [-0.2, 0) is 13.1 Å². The Kier molecular flexibility index (Phi) is 4.88. The van der Waals surface area contributed by atoms with Crippen molar-refractivity contribution in [1.82, 2.24) is 9.88 Å². The topological polar surface area (TPSA) is 76.3 Å². The summed E-state index contributed by atoms with van der Waals surface area (Å²) in [5.74, 6) is 0.990. The van der Waals surface area contributed by atoms with Crippen molar-refractivity contribution >= 4 is 22.5 Å². The van der Waals surface area contributed by atoms with Gasteiger partial charge in [0.25, 0.3) is 5.56 Å². The molecule has 0 atom stereocenters. The summed E-state index contributed by atoms with van der Waals surface area (Å²) in [6.07, 6.45) is 3.27. The van der Waals surface area contributed by atoms with E-state index in [1.165, 1.54) is 0 Å². The third-order valence-electron chi connectivity index (χ3n) is 3.81. The summed E-state index contributed by atoms with van der Waals surface area (Å²) in [6.45, 7) is 4.98. The summed E-state index contributed by atoms with van der Waals surface area (Å²) in [7, 11) is 0. The van der Waals surface area contributed by atoms with E-state index in [0.29, 0.717) is 35.8 Å². The van der Waals surface area contributed by atoms with Gasteiger partial charge in [-0.15, -0.1) is 0 Å². The van der Waals surface area contributed by atoms with Crippen LogP contribution in [0, 0.1) is 5.92 Å². The van der Waals surface area contributed by atoms with Gasteiger partial charge in [-0.2, -0.15) is 0 Å². The van der Waals surface area contributed by atoms with E-state index in [0.717, 1.165) is 5.39 Å². The fourth-order valence-corrected chi connectivity index (χ4v) is 2.72. The van der Waals surface area contributed by atoms with Gasteiger partial charge in [0, 0.05) is 23.5 Å². The van der Waals surface area contributed by atoms with Gasteiger partial charge in [0.2, 0.25) is 0 Å². The highest BCUT2D eigenvalue weighted by Crippen LogP contribution is 2.20. The highest BCUT2D eigenvalue weighted by atomic mass is 16.3. The van der Waals surface area contributed by atoms with Crippen molar-refractivity contribution in [2.24, 2.45) is 5.92 Å². The Hall–Kier alpha value is -3.02. The number of benzene rings is 1. The smallest absolute Gasteiger partial charge is 0.319 e. The number of carbonyl (C=O) groups is 1. The number of nitrogens with one attached hydrogen (secondary N) is 2. The van der Waals surface area contributed by atoms with E-state index in [2.05, 4.69) is 10.6 Å². The number of fused-ring (bicyclic) bond motifs is 1. The van der Waals surface area contributed by atoms with Gasteiger partial charge in [-0.25, -0.2) is 4.79 Å². The molecule has 130 valence electrons. The molecule has 2 amide bonds. The van der Waals surface area contributed by atoms with E-state index in [-0.39, 0.29) is 11.6 Å². The molecule has 2 heterocycles. The molecule has 0 spiro atoms. The molecule has 6 heteroatoms. The number of pyridine rings is 1. The zero-order chi connectivity index (χ0) is 17.8. The summed E-state index contributed by atoms with van der Waals surface area (Å²) in [6, 6.07) is 10.5. The quantitative estimate of drug-likeness (QED) is 0.746.